The van der Waals surface area contributed by atoms with Gasteiger partial charge in [-0.05, 0) is 23.6 Å². The highest BCUT2D eigenvalue weighted by molar-refractivity contribution is 6.16. The molecule has 0 aliphatic carbocycles. The molecule has 2 saturated heterocycles. The smallest absolute Gasteiger partial charge is 0.253 e. The number of nitrogens with zero attached hydrogens (tertiary/aromatic N) is 2. The number of hydrogen-bond acceptors (Lipinski definition) is 4. The maximum absolute atomic E-state index is 14.3. The van der Waals surface area contributed by atoms with Gasteiger partial charge in [0.15, 0.2) is 0 Å². The Bertz CT molecular complexity index is 1310. The average molecular weight is 466 g/mol. The molecule has 3 amide bonds. The molecule has 0 aromatic heterocycles. The fraction of sp³-hybridized carbons (Fsp3) is 0.276. The minimum Gasteiger partial charge on any atom is -0.306 e. The molecule has 6 nitrogen and oxygen atoms in total. The van der Waals surface area contributed by atoms with Crippen LogP contribution in [0.4, 0.5) is 5.69 Å². The van der Waals surface area contributed by atoms with Gasteiger partial charge >= 0.3 is 0 Å². The van der Waals surface area contributed by atoms with Crippen LogP contribution >= 0.6 is 0 Å². The molecule has 3 aliphatic heterocycles. The summed E-state index contributed by atoms with van der Waals surface area (Å²) < 4.78 is 0. The molecule has 3 heterocycles. The van der Waals surface area contributed by atoms with Crippen molar-refractivity contribution in [2.24, 2.45) is 11.8 Å². The second-order valence-corrected chi connectivity index (χ2v) is 9.61. The number of likely N-dealkylation sites (tertiary alicyclic amines) is 1. The van der Waals surface area contributed by atoms with Crippen molar-refractivity contribution in [2.75, 3.05) is 4.90 Å². The van der Waals surface area contributed by atoms with Gasteiger partial charge in [0, 0.05) is 17.3 Å². The number of nitrogens with one attached hydrogen (secondary N) is 1. The van der Waals surface area contributed by atoms with Crippen molar-refractivity contribution in [3.05, 3.63) is 102 Å². The molecule has 0 radical (unpaired) electrons. The van der Waals surface area contributed by atoms with E-state index < -0.39 is 17.4 Å². The molecular formula is C29H27N3O3. The van der Waals surface area contributed by atoms with Crippen molar-refractivity contribution in [1.82, 2.24) is 10.2 Å². The van der Waals surface area contributed by atoms with Crippen molar-refractivity contribution >= 4 is 23.4 Å². The molecule has 0 unspecified atom stereocenters. The number of anilines is 1. The first-order valence-corrected chi connectivity index (χ1v) is 12.2. The van der Waals surface area contributed by atoms with Crippen molar-refractivity contribution in [1.29, 1.82) is 0 Å². The van der Waals surface area contributed by atoms with E-state index in [9.17, 15) is 14.4 Å². The quantitative estimate of drug-likeness (QED) is 0.585. The van der Waals surface area contributed by atoms with Gasteiger partial charge in [0.05, 0.1) is 24.9 Å². The van der Waals surface area contributed by atoms with E-state index in [1.807, 2.05) is 91.9 Å². The average Bonchev–Trinajstić information content (AvgIpc) is 3.46. The van der Waals surface area contributed by atoms with Crippen molar-refractivity contribution in [3.8, 4) is 0 Å². The molecule has 176 valence electrons. The Morgan fingerprint density at radius 2 is 1.31 bits per heavy atom. The summed E-state index contributed by atoms with van der Waals surface area (Å²) in [5, 5.41) is 3.53. The fourth-order valence-corrected chi connectivity index (χ4v) is 6.20. The van der Waals surface area contributed by atoms with Gasteiger partial charge in [0.2, 0.25) is 11.8 Å². The summed E-state index contributed by atoms with van der Waals surface area (Å²) in [5.41, 5.74) is 2.25. The molecular weight excluding hydrogens is 438 g/mol. The van der Waals surface area contributed by atoms with Gasteiger partial charge < -0.3 is 4.90 Å². The lowest BCUT2D eigenvalue weighted by atomic mass is 9.76. The van der Waals surface area contributed by atoms with Gasteiger partial charge in [0.25, 0.3) is 5.91 Å². The second kappa shape index (κ2) is 8.17. The first kappa shape index (κ1) is 21.7. The van der Waals surface area contributed by atoms with Crippen LogP contribution in [0.1, 0.15) is 30.0 Å². The van der Waals surface area contributed by atoms with Crippen LogP contribution in [-0.4, -0.2) is 28.7 Å². The van der Waals surface area contributed by atoms with Crippen LogP contribution < -0.4 is 10.2 Å². The first-order valence-electron chi connectivity index (χ1n) is 12.2. The minimum atomic E-state index is -1.24. The van der Waals surface area contributed by atoms with Gasteiger partial charge in [-0.15, -0.1) is 0 Å². The Morgan fingerprint density at radius 3 is 1.94 bits per heavy atom. The summed E-state index contributed by atoms with van der Waals surface area (Å²) in [6, 6.07) is 26.8. The monoisotopic (exact) mass is 465 g/mol. The molecule has 3 aliphatic rings. The van der Waals surface area contributed by atoms with Crippen molar-refractivity contribution < 1.29 is 14.4 Å². The summed E-state index contributed by atoms with van der Waals surface area (Å²) in [6.45, 7) is 2.63. The van der Waals surface area contributed by atoms with E-state index >= 15 is 0 Å². The number of carbonyl (C=O) groups is 3. The van der Waals surface area contributed by atoms with E-state index in [1.165, 1.54) is 4.90 Å². The predicted molar refractivity (Wildman–Crippen MR) is 132 cm³/mol. The highest BCUT2D eigenvalue weighted by Gasteiger charge is 2.71. The zero-order valence-electron chi connectivity index (χ0n) is 19.6. The number of benzene rings is 3. The molecule has 35 heavy (non-hydrogen) atoms. The van der Waals surface area contributed by atoms with Gasteiger partial charge in [0.1, 0.15) is 5.54 Å². The largest absolute Gasteiger partial charge is 0.306 e. The number of hydrogen-bond donors (Lipinski definition) is 1. The highest BCUT2D eigenvalue weighted by Crippen LogP contribution is 2.55. The van der Waals surface area contributed by atoms with Crippen LogP contribution in [0.3, 0.4) is 0 Å². The number of rotatable bonds is 5. The molecule has 0 saturated carbocycles. The maximum atomic E-state index is 14.3. The topological polar surface area (TPSA) is 69.7 Å². The van der Waals surface area contributed by atoms with Crippen molar-refractivity contribution in [2.45, 2.75) is 38.0 Å². The standard InChI is InChI=1S/C29H27N3O3/c1-2-22-24-25(27(34)32(26(24)33)18-20-13-7-4-8-14-20)29(30-22)21-15-9-10-16-23(21)31(28(29)35)17-19-11-5-3-6-12-19/h3-16,22,24-25,30H,2,17-18H2,1H3/t22-,24+,25+,29+/m1/s1. The summed E-state index contributed by atoms with van der Waals surface area (Å²) in [6.07, 6.45) is 0.648. The van der Waals surface area contributed by atoms with Crippen LogP contribution in [0.2, 0.25) is 0 Å². The molecule has 4 atom stereocenters. The van der Waals surface area contributed by atoms with Gasteiger partial charge in [-0.1, -0.05) is 85.8 Å². The SMILES string of the molecule is CC[C@H]1N[C@]2(C(=O)N(Cc3ccccc3)c3ccccc32)[C@@H]2C(=O)N(Cc3ccccc3)C(=O)[C@H]21. The third-order valence-corrected chi connectivity index (χ3v) is 7.76. The number of imide groups is 1. The van der Waals surface area contributed by atoms with Crippen molar-refractivity contribution in [3.63, 3.8) is 0 Å². The van der Waals surface area contributed by atoms with E-state index in [0.717, 1.165) is 22.4 Å². The Kier molecular flexibility index (Phi) is 5.07. The van der Waals surface area contributed by atoms with Gasteiger partial charge in [-0.25, -0.2) is 0 Å². The zero-order chi connectivity index (χ0) is 24.2. The molecule has 3 aromatic carbocycles. The van der Waals surface area contributed by atoms with Crippen LogP contribution in [0.15, 0.2) is 84.9 Å². The number of para-hydroxylation sites is 1. The van der Waals surface area contributed by atoms with Gasteiger partial charge in [-0.3, -0.25) is 24.6 Å². The third-order valence-electron chi connectivity index (χ3n) is 7.76. The second-order valence-electron chi connectivity index (χ2n) is 9.61. The number of amides is 3. The normalized spacial score (nSPS) is 27.1. The van der Waals surface area contributed by atoms with E-state index in [1.54, 1.807) is 4.90 Å². The molecule has 0 bridgehead atoms. The predicted octanol–water partition coefficient (Wildman–Crippen LogP) is 3.61. The van der Waals surface area contributed by atoms with Gasteiger partial charge in [-0.2, -0.15) is 0 Å². The summed E-state index contributed by atoms with van der Waals surface area (Å²) in [5.74, 6) is -1.94. The van der Waals surface area contributed by atoms with Crippen LogP contribution in [0.25, 0.3) is 0 Å². The lowest BCUT2D eigenvalue weighted by molar-refractivity contribution is -0.143. The zero-order valence-corrected chi connectivity index (χ0v) is 19.6. The van der Waals surface area contributed by atoms with E-state index in [0.29, 0.717) is 13.0 Å². The molecule has 3 aromatic rings. The fourth-order valence-electron chi connectivity index (χ4n) is 6.20. The maximum Gasteiger partial charge on any atom is 0.253 e. The molecule has 6 rings (SSSR count). The summed E-state index contributed by atoms with van der Waals surface area (Å²) in [7, 11) is 0. The Labute approximate surface area is 204 Å². The van der Waals surface area contributed by atoms with E-state index in [4.69, 9.17) is 0 Å². The van der Waals surface area contributed by atoms with E-state index in [2.05, 4.69) is 5.32 Å². The molecule has 1 spiro atoms. The lowest BCUT2D eigenvalue weighted by Crippen LogP contribution is -2.54. The molecule has 1 N–H and O–H groups in total. The summed E-state index contributed by atoms with van der Waals surface area (Å²) in [4.78, 5) is 45.0. The first-order chi connectivity index (χ1) is 17.1. The molecule has 2 fully saturated rings. The summed E-state index contributed by atoms with van der Waals surface area (Å²) >= 11 is 0. The molecule has 6 heteroatoms. The minimum absolute atomic E-state index is 0.156. The van der Waals surface area contributed by atoms with Crippen LogP contribution in [0, 0.1) is 11.8 Å². The lowest BCUT2D eigenvalue weighted by Gasteiger charge is -2.30. The van der Waals surface area contributed by atoms with Crippen LogP contribution in [0.5, 0.6) is 0 Å². The Balaban J connectivity index is 1.44. The third kappa shape index (κ3) is 3.09. The number of carbonyl (C=O) groups excluding carboxylic acids is 3. The Hall–Kier alpha value is -3.77. The highest BCUT2D eigenvalue weighted by atomic mass is 16.2. The van der Waals surface area contributed by atoms with E-state index in [-0.39, 0.29) is 30.3 Å². The Morgan fingerprint density at radius 1 is 0.743 bits per heavy atom. The van der Waals surface area contributed by atoms with Crippen LogP contribution in [-0.2, 0) is 33.0 Å². The number of fused-ring (bicyclic) bond motifs is 4.